The summed E-state index contributed by atoms with van der Waals surface area (Å²) in [6.07, 6.45) is 6.09. The minimum atomic E-state index is -0.819. The zero-order chi connectivity index (χ0) is 27.4. The number of carbonyl (C=O) groups is 1. The molecule has 4 rings (SSSR count). The van der Waals surface area contributed by atoms with Crippen LogP contribution in [0.2, 0.25) is 0 Å². The maximum Gasteiger partial charge on any atom is 0.283 e. The van der Waals surface area contributed by atoms with Crippen molar-refractivity contribution in [2.45, 2.75) is 56.3 Å². The number of benzene rings is 1. The Labute approximate surface area is 226 Å². The predicted octanol–water partition coefficient (Wildman–Crippen LogP) is 3.06. The molecule has 2 aromatic heterocycles. The van der Waals surface area contributed by atoms with Crippen LogP contribution in [0.1, 0.15) is 39.2 Å². The smallest absolute Gasteiger partial charge is 0.283 e. The molecule has 0 bridgehead atoms. The Morgan fingerprint density at radius 3 is 2.71 bits per heavy atom. The van der Waals surface area contributed by atoms with Crippen molar-refractivity contribution in [3.8, 4) is 6.07 Å². The van der Waals surface area contributed by atoms with Crippen LogP contribution in [-0.4, -0.2) is 38.0 Å². The van der Waals surface area contributed by atoms with Gasteiger partial charge in [-0.15, -0.1) is 11.3 Å². The lowest BCUT2D eigenvalue weighted by atomic mass is 9.87. The number of ketones is 1. The number of nitriles is 1. The van der Waals surface area contributed by atoms with E-state index < -0.39 is 10.3 Å². The Morgan fingerprint density at radius 1 is 1.37 bits per heavy atom. The van der Waals surface area contributed by atoms with Crippen molar-refractivity contribution in [1.29, 1.82) is 5.26 Å². The third kappa shape index (κ3) is 6.07. The van der Waals surface area contributed by atoms with E-state index in [1.165, 1.54) is 10.6 Å². The van der Waals surface area contributed by atoms with Gasteiger partial charge < -0.3 is 4.74 Å². The van der Waals surface area contributed by atoms with Gasteiger partial charge in [-0.1, -0.05) is 26.8 Å². The molecule has 1 aromatic carbocycles. The number of aromatic nitrogens is 3. The highest BCUT2D eigenvalue weighted by Gasteiger charge is 2.28. The predicted molar refractivity (Wildman–Crippen MR) is 143 cm³/mol. The average molecular weight is 552 g/mol. The van der Waals surface area contributed by atoms with E-state index in [4.69, 9.17) is 4.74 Å². The van der Waals surface area contributed by atoms with Gasteiger partial charge in [-0.2, -0.15) is 5.26 Å². The average Bonchev–Trinajstić information content (AvgIpc) is 3.50. The van der Waals surface area contributed by atoms with E-state index in [2.05, 4.69) is 9.97 Å². The Bertz CT molecular complexity index is 1590. The standard InChI is InChI=1S/C26H25N5O5S2/c1-26(2,3)22(32)18(14-27)24-30(15-17-6-4-11-36-17)23(33)21(37-24)13-16-7-8-20(19(12-16)31(34)35)38-25-28-9-5-10-29-25/h5,7-10,12-13,17H,4,6,11,15H2,1-3H3/b21-13+,24-18+. The monoisotopic (exact) mass is 551 g/mol. The maximum atomic E-state index is 13.5. The molecular weight excluding hydrogens is 526 g/mol. The quantitative estimate of drug-likeness (QED) is 0.246. The number of rotatable bonds is 7. The Kier molecular flexibility index (Phi) is 8.20. The molecule has 1 aliphatic heterocycles. The fourth-order valence-electron chi connectivity index (χ4n) is 3.87. The van der Waals surface area contributed by atoms with Crippen LogP contribution in [0.4, 0.5) is 5.69 Å². The van der Waals surface area contributed by atoms with Crippen LogP contribution in [0.15, 0.2) is 51.5 Å². The number of ether oxygens (including phenoxy) is 1. The first-order valence-electron chi connectivity index (χ1n) is 11.8. The Balaban J connectivity index is 1.86. The van der Waals surface area contributed by atoms with E-state index in [0.29, 0.717) is 22.2 Å². The molecule has 0 aliphatic carbocycles. The second kappa shape index (κ2) is 11.4. The zero-order valence-corrected chi connectivity index (χ0v) is 22.7. The summed E-state index contributed by atoms with van der Waals surface area (Å²) < 4.78 is 7.66. The third-order valence-electron chi connectivity index (χ3n) is 5.77. The van der Waals surface area contributed by atoms with Gasteiger partial charge in [-0.3, -0.25) is 24.3 Å². The van der Waals surface area contributed by atoms with Gasteiger partial charge in [0.1, 0.15) is 16.3 Å². The van der Waals surface area contributed by atoms with Crippen LogP contribution < -0.4 is 14.8 Å². The molecule has 3 aromatic rings. The number of Topliss-reactive ketones (excluding diaryl/α,β-unsaturated/α-hetero) is 1. The highest BCUT2D eigenvalue weighted by molar-refractivity contribution is 7.99. The summed E-state index contributed by atoms with van der Waals surface area (Å²) in [5.74, 6) is -0.367. The van der Waals surface area contributed by atoms with Crippen LogP contribution in [-0.2, 0) is 16.1 Å². The fraction of sp³-hybridized carbons (Fsp3) is 0.346. The zero-order valence-electron chi connectivity index (χ0n) is 21.0. The van der Waals surface area contributed by atoms with Crippen LogP contribution >= 0.6 is 23.1 Å². The van der Waals surface area contributed by atoms with Crippen molar-refractivity contribution in [2.24, 2.45) is 5.41 Å². The van der Waals surface area contributed by atoms with Gasteiger partial charge in [-0.05, 0) is 48.4 Å². The molecule has 12 heteroatoms. The molecule has 0 saturated carbocycles. The molecule has 196 valence electrons. The van der Waals surface area contributed by atoms with E-state index >= 15 is 0 Å². The van der Waals surface area contributed by atoms with Crippen molar-refractivity contribution >= 4 is 46.2 Å². The van der Waals surface area contributed by atoms with E-state index in [0.717, 1.165) is 35.9 Å². The molecule has 0 spiro atoms. The summed E-state index contributed by atoms with van der Waals surface area (Å²) in [5, 5.41) is 22.1. The largest absolute Gasteiger partial charge is 0.376 e. The van der Waals surface area contributed by atoms with Gasteiger partial charge in [0.25, 0.3) is 11.2 Å². The first kappa shape index (κ1) is 27.4. The molecule has 0 amide bonds. The minimum absolute atomic E-state index is 0.0853. The van der Waals surface area contributed by atoms with Gasteiger partial charge in [-0.25, -0.2) is 9.97 Å². The molecule has 38 heavy (non-hydrogen) atoms. The number of carbonyl (C=O) groups excluding carboxylic acids is 1. The first-order chi connectivity index (χ1) is 18.1. The molecule has 1 saturated heterocycles. The van der Waals surface area contributed by atoms with Crippen molar-refractivity contribution < 1.29 is 14.5 Å². The topological polar surface area (TPSA) is 141 Å². The molecule has 1 aliphatic rings. The summed E-state index contributed by atoms with van der Waals surface area (Å²) in [6, 6.07) is 8.29. The summed E-state index contributed by atoms with van der Waals surface area (Å²) in [4.78, 5) is 46.4. The Hall–Kier alpha value is -3.66. The van der Waals surface area contributed by atoms with E-state index in [9.17, 15) is 25.0 Å². The molecule has 1 fully saturated rings. The molecule has 1 atom stereocenters. The maximum absolute atomic E-state index is 13.5. The highest BCUT2D eigenvalue weighted by Crippen LogP contribution is 2.33. The number of hydrogen-bond acceptors (Lipinski definition) is 10. The fourth-order valence-corrected chi connectivity index (χ4v) is 5.78. The second-order valence-electron chi connectivity index (χ2n) is 9.65. The van der Waals surface area contributed by atoms with Crippen LogP contribution in [0.25, 0.3) is 11.6 Å². The van der Waals surface area contributed by atoms with Crippen LogP contribution in [0, 0.1) is 26.9 Å². The number of thiazole rings is 1. The highest BCUT2D eigenvalue weighted by atomic mass is 32.2. The van der Waals surface area contributed by atoms with Crippen LogP contribution in [0.5, 0.6) is 0 Å². The number of nitro groups is 1. The lowest BCUT2D eigenvalue weighted by molar-refractivity contribution is -0.387. The lowest BCUT2D eigenvalue weighted by Crippen LogP contribution is -2.37. The summed E-state index contributed by atoms with van der Waals surface area (Å²) in [6.45, 7) is 5.96. The van der Waals surface area contributed by atoms with Crippen molar-refractivity contribution in [3.63, 3.8) is 0 Å². The van der Waals surface area contributed by atoms with Gasteiger partial charge in [0.2, 0.25) is 0 Å². The number of nitrogens with zero attached hydrogens (tertiary/aromatic N) is 5. The van der Waals surface area contributed by atoms with E-state index in [1.807, 2.05) is 6.07 Å². The van der Waals surface area contributed by atoms with Gasteiger partial charge in [0.15, 0.2) is 10.9 Å². The number of hydrogen-bond donors (Lipinski definition) is 0. The van der Waals surface area contributed by atoms with Crippen molar-refractivity contribution in [2.75, 3.05) is 6.61 Å². The molecule has 1 unspecified atom stereocenters. The summed E-state index contributed by atoms with van der Waals surface area (Å²) in [5.41, 5.74) is -1.00. The van der Waals surface area contributed by atoms with Crippen molar-refractivity contribution in [3.05, 3.63) is 71.9 Å². The normalized spacial score (nSPS) is 16.8. The molecule has 0 N–H and O–H groups in total. The SMILES string of the molecule is CC(C)(C)C(=O)/C(C#N)=c1/s/c(=C/c2ccc(Sc3ncccn3)c([N+](=O)[O-])c2)c(=O)n1CC1CCCO1. The van der Waals surface area contributed by atoms with Gasteiger partial charge in [0, 0.05) is 30.5 Å². The summed E-state index contributed by atoms with van der Waals surface area (Å²) in [7, 11) is 0. The van der Waals surface area contributed by atoms with E-state index in [-0.39, 0.29) is 44.4 Å². The first-order valence-corrected chi connectivity index (χ1v) is 13.5. The molecule has 3 heterocycles. The third-order valence-corrected chi connectivity index (χ3v) is 7.86. The van der Waals surface area contributed by atoms with Crippen LogP contribution in [0.3, 0.4) is 0 Å². The lowest BCUT2D eigenvalue weighted by Gasteiger charge is -2.16. The minimum Gasteiger partial charge on any atom is -0.376 e. The van der Waals surface area contributed by atoms with E-state index in [1.54, 1.807) is 57.4 Å². The number of nitro benzene ring substituents is 1. The van der Waals surface area contributed by atoms with Crippen molar-refractivity contribution in [1.82, 2.24) is 14.5 Å². The molecular formula is C26H25N5O5S2. The molecule has 10 nitrogen and oxygen atoms in total. The summed E-state index contributed by atoms with van der Waals surface area (Å²) >= 11 is 2.09. The Morgan fingerprint density at radius 2 is 2.11 bits per heavy atom. The molecule has 0 radical (unpaired) electrons. The van der Waals surface area contributed by atoms with Gasteiger partial charge in [0.05, 0.1) is 27.0 Å². The van der Waals surface area contributed by atoms with Gasteiger partial charge >= 0.3 is 0 Å². The second-order valence-corrected chi connectivity index (χ2v) is 11.7.